The van der Waals surface area contributed by atoms with Crippen molar-refractivity contribution in [2.75, 3.05) is 0 Å². The summed E-state index contributed by atoms with van der Waals surface area (Å²) in [6, 6.07) is 11.6. The lowest BCUT2D eigenvalue weighted by molar-refractivity contribution is -0.137. The number of aryl methyl sites for hydroxylation is 1. The molecule has 0 aliphatic carbocycles. The SMILES string of the molecule is CC(C)C(=O)O[SiH2]CCCCc1ccccc1. The molecular formula is C14H22O2Si. The van der Waals surface area contributed by atoms with E-state index in [9.17, 15) is 4.79 Å². The minimum Gasteiger partial charge on any atom is -0.525 e. The van der Waals surface area contributed by atoms with Crippen molar-refractivity contribution in [3.05, 3.63) is 35.9 Å². The van der Waals surface area contributed by atoms with E-state index in [1.54, 1.807) is 0 Å². The fraction of sp³-hybridized carbons (Fsp3) is 0.500. The molecule has 0 saturated carbocycles. The molecule has 0 unspecified atom stereocenters. The maximum absolute atomic E-state index is 11.2. The van der Waals surface area contributed by atoms with E-state index >= 15 is 0 Å². The van der Waals surface area contributed by atoms with Crippen molar-refractivity contribution < 1.29 is 9.22 Å². The Balaban J connectivity index is 2.00. The van der Waals surface area contributed by atoms with Gasteiger partial charge >= 0.3 is 0 Å². The number of hydrogen-bond acceptors (Lipinski definition) is 2. The Morgan fingerprint density at radius 2 is 1.94 bits per heavy atom. The number of benzene rings is 1. The summed E-state index contributed by atoms with van der Waals surface area (Å²) in [5, 5.41) is 0. The van der Waals surface area contributed by atoms with E-state index < -0.39 is 9.76 Å². The van der Waals surface area contributed by atoms with Crippen LogP contribution in [0.25, 0.3) is 0 Å². The smallest absolute Gasteiger partial charge is 0.294 e. The molecule has 94 valence electrons. The van der Waals surface area contributed by atoms with E-state index in [0.29, 0.717) is 0 Å². The van der Waals surface area contributed by atoms with Crippen LogP contribution in [0, 0.1) is 5.92 Å². The summed E-state index contributed by atoms with van der Waals surface area (Å²) in [6.07, 6.45) is 3.50. The largest absolute Gasteiger partial charge is 0.525 e. The van der Waals surface area contributed by atoms with Gasteiger partial charge in [-0.25, -0.2) is 0 Å². The first-order valence-corrected chi connectivity index (χ1v) is 7.98. The highest BCUT2D eigenvalue weighted by Crippen LogP contribution is 2.06. The number of unbranched alkanes of at least 4 members (excludes halogenated alkanes) is 1. The Morgan fingerprint density at radius 1 is 1.24 bits per heavy atom. The summed E-state index contributed by atoms with van der Waals surface area (Å²) in [6.45, 7) is 3.76. The number of carbonyl (C=O) groups is 1. The van der Waals surface area contributed by atoms with E-state index in [-0.39, 0.29) is 11.9 Å². The lowest BCUT2D eigenvalue weighted by Crippen LogP contribution is -2.14. The lowest BCUT2D eigenvalue weighted by Gasteiger charge is -2.06. The molecule has 1 aromatic rings. The Bertz CT molecular complexity index is 322. The lowest BCUT2D eigenvalue weighted by atomic mass is 10.1. The van der Waals surface area contributed by atoms with Crippen LogP contribution in [-0.2, 0) is 15.6 Å². The van der Waals surface area contributed by atoms with Crippen molar-refractivity contribution in [3.8, 4) is 0 Å². The van der Waals surface area contributed by atoms with Gasteiger partial charge in [0, 0.05) is 5.92 Å². The Labute approximate surface area is 106 Å². The standard InChI is InChI=1S/C14H22O2Si/c1-12(2)14(15)16-17-11-7-6-10-13-8-4-3-5-9-13/h3-5,8-9,12H,6-7,10-11,17H2,1-2H3. The van der Waals surface area contributed by atoms with Gasteiger partial charge in [0.15, 0.2) is 0 Å². The number of hydrogen-bond donors (Lipinski definition) is 0. The van der Waals surface area contributed by atoms with Crippen LogP contribution in [0.4, 0.5) is 0 Å². The fourth-order valence-electron chi connectivity index (χ4n) is 1.59. The molecule has 1 aromatic carbocycles. The minimum absolute atomic E-state index is 0.0202. The highest BCUT2D eigenvalue weighted by molar-refractivity contribution is 6.30. The molecule has 2 nitrogen and oxygen atoms in total. The van der Waals surface area contributed by atoms with E-state index in [4.69, 9.17) is 4.43 Å². The third-order valence-corrected chi connectivity index (χ3v) is 3.95. The van der Waals surface area contributed by atoms with Gasteiger partial charge in [-0.1, -0.05) is 50.6 Å². The maximum Gasteiger partial charge on any atom is 0.294 e. The van der Waals surface area contributed by atoms with Gasteiger partial charge in [0.2, 0.25) is 9.76 Å². The van der Waals surface area contributed by atoms with Crippen LogP contribution in [-0.4, -0.2) is 15.7 Å². The van der Waals surface area contributed by atoms with Gasteiger partial charge in [-0.2, -0.15) is 0 Å². The summed E-state index contributed by atoms with van der Waals surface area (Å²) in [5.74, 6) is -0.00783. The van der Waals surface area contributed by atoms with Crippen molar-refractivity contribution in [1.82, 2.24) is 0 Å². The van der Waals surface area contributed by atoms with E-state index in [0.717, 1.165) is 12.5 Å². The molecule has 1 rings (SSSR count). The van der Waals surface area contributed by atoms with Crippen molar-refractivity contribution in [2.24, 2.45) is 5.92 Å². The summed E-state index contributed by atoms with van der Waals surface area (Å²) in [4.78, 5) is 11.2. The first-order valence-electron chi connectivity index (χ1n) is 6.40. The second-order valence-corrected chi connectivity index (χ2v) is 6.02. The first-order chi connectivity index (χ1) is 8.20. The van der Waals surface area contributed by atoms with E-state index in [1.807, 2.05) is 19.9 Å². The number of rotatable bonds is 7. The average Bonchev–Trinajstić information content (AvgIpc) is 2.34. The van der Waals surface area contributed by atoms with Crippen molar-refractivity contribution in [3.63, 3.8) is 0 Å². The molecule has 0 N–H and O–H groups in total. The summed E-state index contributed by atoms with van der Waals surface area (Å²) in [7, 11) is -0.629. The second kappa shape index (κ2) is 8.07. The fourth-order valence-corrected chi connectivity index (χ4v) is 2.83. The van der Waals surface area contributed by atoms with E-state index in [1.165, 1.54) is 18.4 Å². The normalized spacial score (nSPS) is 11.2. The van der Waals surface area contributed by atoms with Crippen LogP contribution in [0.1, 0.15) is 32.3 Å². The molecule has 0 saturated heterocycles. The van der Waals surface area contributed by atoms with Gasteiger partial charge in [0.1, 0.15) is 0 Å². The monoisotopic (exact) mass is 250 g/mol. The molecule has 0 atom stereocenters. The average molecular weight is 250 g/mol. The third-order valence-electron chi connectivity index (χ3n) is 2.67. The zero-order valence-corrected chi connectivity index (χ0v) is 12.2. The molecular weight excluding hydrogens is 228 g/mol. The molecule has 0 aliphatic heterocycles. The van der Waals surface area contributed by atoms with Gasteiger partial charge in [0.25, 0.3) is 5.97 Å². The van der Waals surface area contributed by atoms with Crippen molar-refractivity contribution in [2.45, 2.75) is 39.2 Å². The quantitative estimate of drug-likeness (QED) is 0.549. The third kappa shape index (κ3) is 6.27. The van der Waals surface area contributed by atoms with Crippen LogP contribution in [0.15, 0.2) is 30.3 Å². The molecule has 0 fully saturated rings. The molecule has 0 spiro atoms. The van der Waals surface area contributed by atoms with Crippen LogP contribution < -0.4 is 0 Å². The zero-order valence-electron chi connectivity index (χ0n) is 10.8. The molecule has 0 aliphatic rings. The Hall–Kier alpha value is -1.09. The highest BCUT2D eigenvalue weighted by Gasteiger charge is 2.06. The van der Waals surface area contributed by atoms with Gasteiger partial charge < -0.3 is 4.43 Å². The van der Waals surface area contributed by atoms with Gasteiger partial charge in [-0.05, 0) is 24.4 Å². The van der Waals surface area contributed by atoms with Crippen LogP contribution >= 0.6 is 0 Å². The number of carbonyl (C=O) groups excluding carboxylic acids is 1. The second-order valence-electron chi connectivity index (χ2n) is 4.62. The molecule has 17 heavy (non-hydrogen) atoms. The predicted octanol–water partition coefficient (Wildman–Crippen LogP) is 2.71. The molecule has 0 bridgehead atoms. The van der Waals surface area contributed by atoms with Gasteiger partial charge in [-0.3, -0.25) is 4.79 Å². The van der Waals surface area contributed by atoms with Gasteiger partial charge in [0.05, 0.1) is 0 Å². The summed E-state index contributed by atoms with van der Waals surface area (Å²) >= 11 is 0. The van der Waals surface area contributed by atoms with Gasteiger partial charge in [-0.15, -0.1) is 0 Å². The topological polar surface area (TPSA) is 26.3 Å². The molecule has 0 radical (unpaired) electrons. The van der Waals surface area contributed by atoms with Crippen molar-refractivity contribution >= 4 is 15.7 Å². The predicted molar refractivity (Wildman–Crippen MR) is 73.7 cm³/mol. The molecule has 0 aromatic heterocycles. The van der Waals surface area contributed by atoms with Crippen LogP contribution in [0.2, 0.25) is 6.04 Å². The van der Waals surface area contributed by atoms with Crippen LogP contribution in [0.3, 0.4) is 0 Å². The molecule has 0 heterocycles. The first kappa shape index (κ1) is 14.0. The van der Waals surface area contributed by atoms with Crippen molar-refractivity contribution in [1.29, 1.82) is 0 Å². The van der Waals surface area contributed by atoms with E-state index in [2.05, 4.69) is 24.3 Å². The summed E-state index contributed by atoms with van der Waals surface area (Å²) < 4.78 is 5.26. The zero-order chi connectivity index (χ0) is 12.5. The van der Waals surface area contributed by atoms with Crippen LogP contribution in [0.5, 0.6) is 0 Å². The maximum atomic E-state index is 11.2. The summed E-state index contributed by atoms with van der Waals surface area (Å²) in [5.41, 5.74) is 1.40. The molecule has 0 amide bonds. The Kier molecular flexibility index (Phi) is 6.63. The highest BCUT2D eigenvalue weighted by atomic mass is 28.2. The Morgan fingerprint density at radius 3 is 2.59 bits per heavy atom. The molecule has 3 heteroatoms. The minimum atomic E-state index is -0.629.